The van der Waals surface area contributed by atoms with Crippen molar-refractivity contribution in [2.45, 2.75) is 25.0 Å². The summed E-state index contributed by atoms with van der Waals surface area (Å²) < 4.78 is 0. The Kier molecular flexibility index (Phi) is 3.13. The molecule has 2 unspecified atom stereocenters. The molecule has 0 radical (unpaired) electrons. The number of carbonyl (C=O) groups is 1. The molecule has 0 bridgehead atoms. The van der Waals surface area contributed by atoms with Crippen LogP contribution in [0.3, 0.4) is 0 Å². The van der Waals surface area contributed by atoms with Crippen molar-refractivity contribution < 1.29 is 15.0 Å². The molecule has 1 aliphatic rings. The Morgan fingerprint density at radius 2 is 2.35 bits per heavy atom. The van der Waals surface area contributed by atoms with E-state index in [-0.39, 0.29) is 0 Å². The van der Waals surface area contributed by atoms with Gasteiger partial charge in [-0.1, -0.05) is 6.07 Å². The second-order valence-electron chi connectivity index (χ2n) is 4.21. The first kappa shape index (κ1) is 12.0. The topological polar surface area (TPSA) is 73.7 Å². The molecule has 5 heteroatoms. The lowest BCUT2D eigenvalue weighted by atomic mass is 9.84. The Labute approximate surface area is 99.7 Å². The molecule has 92 valence electrons. The summed E-state index contributed by atoms with van der Waals surface area (Å²) in [6.45, 7) is 2.81. The second-order valence-corrected chi connectivity index (χ2v) is 4.21. The van der Waals surface area contributed by atoms with E-state index >= 15 is 0 Å². The first-order valence-corrected chi connectivity index (χ1v) is 5.70. The van der Waals surface area contributed by atoms with Gasteiger partial charge in [-0.25, -0.2) is 0 Å². The quantitative estimate of drug-likeness (QED) is 0.751. The van der Waals surface area contributed by atoms with Crippen LogP contribution in [0.2, 0.25) is 0 Å². The molecule has 1 aromatic heterocycles. The van der Waals surface area contributed by atoms with E-state index in [1.165, 1.54) is 11.1 Å². The summed E-state index contributed by atoms with van der Waals surface area (Å²) in [6.07, 6.45) is 0.396. The standard InChI is InChI=1S/C12H16N2O3/c1-2-14-8-6-12(17,10(15)11(14)16)9-5-3-4-7-13-9/h3-5,7,10,15,17H,2,6,8H2,1H3. The lowest BCUT2D eigenvalue weighted by Crippen LogP contribution is -2.57. The molecule has 1 amide bonds. The van der Waals surface area contributed by atoms with E-state index in [4.69, 9.17) is 0 Å². The molecule has 2 N–H and O–H groups in total. The minimum atomic E-state index is -1.57. The number of amides is 1. The maximum atomic E-state index is 11.8. The molecule has 0 saturated carbocycles. The number of nitrogens with zero attached hydrogens (tertiary/aromatic N) is 2. The van der Waals surface area contributed by atoms with E-state index in [0.29, 0.717) is 25.2 Å². The maximum Gasteiger partial charge on any atom is 0.254 e. The van der Waals surface area contributed by atoms with Crippen molar-refractivity contribution in [2.24, 2.45) is 0 Å². The van der Waals surface area contributed by atoms with Crippen LogP contribution in [-0.2, 0) is 10.4 Å². The third-order valence-corrected chi connectivity index (χ3v) is 3.25. The summed E-state index contributed by atoms with van der Waals surface area (Å²) in [4.78, 5) is 17.4. The fourth-order valence-electron chi connectivity index (χ4n) is 2.13. The van der Waals surface area contributed by atoms with Gasteiger partial charge in [-0.05, 0) is 19.1 Å². The highest BCUT2D eigenvalue weighted by molar-refractivity contribution is 5.83. The number of likely N-dealkylation sites (tertiary alicyclic amines) is 1. The summed E-state index contributed by atoms with van der Waals surface area (Å²) in [5.74, 6) is -0.438. The van der Waals surface area contributed by atoms with Gasteiger partial charge in [0.15, 0.2) is 6.10 Å². The zero-order chi connectivity index (χ0) is 12.5. The van der Waals surface area contributed by atoms with Gasteiger partial charge in [-0.2, -0.15) is 0 Å². The average Bonchev–Trinajstić information content (AvgIpc) is 2.37. The van der Waals surface area contributed by atoms with Gasteiger partial charge in [0.2, 0.25) is 0 Å². The summed E-state index contributed by atoms with van der Waals surface area (Å²) in [6, 6.07) is 5.07. The van der Waals surface area contributed by atoms with Crippen molar-refractivity contribution in [3.8, 4) is 0 Å². The Hall–Kier alpha value is -1.46. The lowest BCUT2D eigenvalue weighted by molar-refractivity contribution is -0.171. The average molecular weight is 236 g/mol. The Morgan fingerprint density at radius 3 is 2.94 bits per heavy atom. The van der Waals surface area contributed by atoms with Crippen LogP contribution in [0.4, 0.5) is 0 Å². The first-order chi connectivity index (χ1) is 8.09. The monoisotopic (exact) mass is 236 g/mol. The van der Waals surface area contributed by atoms with E-state index < -0.39 is 17.6 Å². The minimum absolute atomic E-state index is 0.296. The van der Waals surface area contributed by atoms with E-state index in [9.17, 15) is 15.0 Å². The number of rotatable bonds is 2. The molecule has 1 fully saturated rings. The van der Waals surface area contributed by atoms with E-state index in [1.807, 2.05) is 6.92 Å². The normalized spacial score (nSPS) is 29.5. The van der Waals surface area contributed by atoms with Crippen molar-refractivity contribution in [1.82, 2.24) is 9.88 Å². The number of aliphatic hydroxyl groups excluding tert-OH is 1. The first-order valence-electron chi connectivity index (χ1n) is 5.70. The molecule has 0 aromatic carbocycles. The molecule has 0 aliphatic carbocycles. The van der Waals surface area contributed by atoms with Crippen LogP contribution in [-0.4, -0.2) is 45.2 Å². The van der Waals surface area contributed by atoms with Crippen LogP contribution >= 0.6 is 0 Å². The van der Waals surface area contributed by atoms with Gasteiger partial charge in [-0.15, -0.1) is 0 Å². The van der Waals surface area contributed by atoms with Crippen molar-refractivity contribution in [2.75, 3.05) is 13.1 Å². The van der Waals surface area contributed by atoms with Crippen LogP contribution in [0, 0.1) is 0 Å². The SMILES string of the molecule is CCN1CCC(O)(c2ccccn2)C(O)C1=O. The Bertz CT molecular complexity index is 409. The van der Waals surface area contributed by atoms with Crippen molar-refractivity contribution in [3.63, 3.8) is 0 Å². The number of likely N-dealkylation sites (N-methyl/N-ethyl adjacent to an activating group) is 1. The zero-order valence-electron chi connectivity index (χ0n) is 9.71. The summed E-state index contributed by atoms with van der Waals surface area (Å²) in [5, 5.41) is 20.4. The Balaban J connectivity index is 2.31. The van der Waals surface area contributed by atoms with Gasteiger partial charge in [0.05, 0.1) is 5.69 Å². The number of hydrogen-bond donors (Lipinski definition) is 2. The maximum absolute atomic E-state index is 11.8. The van der Waals surface area contributed by atoms with Crippen LogP contribution in [0.1, 0.15) is 19.0 Å². The number of aromatic nitrogens is 1. The van der Waals surface area contributed by atoms with Crippen LogP contribution in [0.25, 0.3) is 0 Å². The molecule has 2 heterocycles. The molecule has 2 atom stereocenters. The fourth-order valence-corrected chi connectivity index (χ4v) is 2.13. The minimum Gasteiger partial charge on any atom is -0.380 e. The number of piperidine rings is 1. The molecule has 1 aliphatic heterocycles. The van der Waals surface area contributed by atoms with Crippen molar-refractivity contribution >= 4 is 5.91 Å². The van der Waals surface area contributed by atoms with Crippen LogP contribution in [0.5, 0.6) is 0 Å². The van der Waals surface area contributed by atoms with Gasteiger partial charge in [-0.3, -0.25) is 9.78 Å². The largest absolute Gasteiger partial charge is 0.380 e. The molecular formula is C12H16N2O3. The highest BCUT2D eigenvalue weighted by Gasteiger charge is 2.48. The summed E-state index contributed by atoms with van der Waals surface area (Å²) in [7, 11) is 0. The van der Waals surface area contributed by atoms with Crippen molar-refractivity contribution in [1.29, 1.82) is 0 Å². The van der Waals surface area contributed by atoms with Crippen LogP contribution < -0.4 is 0 Å². The molecule has 1 saturated heterocycles. The highest BCUT2D eigenvalue weighted by Crippen LogP contribution is 2.32. The van der Waals surface area contributed by atoms with Gasteiger partial charge < -0.3 is 15.1 Å². The van der Waals surface area contributed by atoms with Gasteiger partial charge >= 0.3 is 0 Å². The summed E-state index contributed by atoms with van der Waals surface area (Å²) >= 11 is 0. The van der Waals surface area contributed by atoms with E-state index in [2.05, 4.69) is 4.98 Å². The number of hydrogen-bond acceptors (Lipinski definition) is 4. The van der Waals surface area contributed by atoms with Crippen LogP contribution in [0.15, 0.2) is 24.4 Å². The highest BCUT2D eigenvalue weighted by atomic mass is 16.4. The van der Waals surface area contributed by atoms with Gasteiger partial charge in [0.1, 0.15) is 5.60 Å². The fraction of sp³-hybridized carbons (Fsp3) is 0.500. The molecule has 1 aromatic rings. The number of carbonyl (C=O) groups excluding carboxylic acids is 1. The second kappa shape index (κ2) is 4.43. The molecular weight excluding hydrogens is 220 g/mol. The van der Waals surface area contributed by atoms with E-state index in [1.54, 1.807) is 18.2 Å². The smallest absolute Gasteiger partial charge is 0.254 e. The molecule has 17 heavy (non-hydrogen) atoms. The van der Waals surface area contributed by atoms with Gasteiger partial charge in [0, 0.05) is 25.7 Å². The summed E-state index contributed by atoms with van der Waals surface area (Å²) in [5.41, 5.74) is -1.22. The third-order valence-electron chi connectivity index (χ3n) is 3.25. The number of pyridine rings is 1. The molecule has 5 nitrogen and oxygen atoms in total. The predicted molar refractivity (Wildman–Crippen MR) is 61.0 cm³/mol. The Morgan fingerprint density at radius 1 is 1.59 bits per heavy atom. The molecule has 2 rings (SSSR count). The third kappa shape index (κ3) is 1.92. The zero-order valence-corrected chi connectivity index (χ0v) is 9.71. The van der Waals surface area contributed by atoms with Gasteiger partial charge in [0.25, 0.3) is 5.91 Å². The predicted octanol–water partition coefficient (Wildman–Crippen LogP) is -0.118. The van der Waals surface area contributed by atoms with E-state index in [0.717, 1.165) is 0 Å². The van der Waals surface area contributed by atoms with Crippen molar-refractivity contribution in [3.05, 3.63) is 30.1 Å². The number of aliphatic hydroxyl groups is 2. The lowest BCUT2D eigenvalue weighted by Gasteiger charge is -2.40. The molecule has 0 spiro atoms.